The van der Waals surface area contributed by atoms with Gasteiger partial charge in [-0.3, -0.25) is 0 Å². The average Bonchev–Trinajstić information content (AvgIpc) is 2.33. The Hall–Kier alpha value is -0.730. The summed E-state index contributed by atoms with van der Waals surface area (Å²) in [4.78, 5) is 6.07. The highest BCUT2D eigenvalue weighted by Gasteiger charge is 2.16. The molecule has 52 valence electrons. The molecule has 0 spiro atoms. The zero-order valence-corrected chi connectivity index (χ0v) is 5.92. The number of likely N-dealkylation sites (N-methyl/N-ethyl adjacent to an activating group) is 1. The molecule has 1 aliphatic rings. The number of ether oxygens (including phenoxy) is 1. The van der Waals surface area contributed by atoms with Crippen molar-refractivity contribution in [1.29, 1.82) is 0 Å². The monoisotopic (exact) mass is 128 g/mol. The van der Waals surface area contributed by atoms with Crippen molar-refractivity contribution in [2.45, 2.75) is 6.92 Å². The van der Waals surface area contributed by atoms with Crippen LogP contribution in [0.15, 0.2) is 4.99 Å². The molecule has 0 unspecified atom stereocenters. The summed E-state index contributed by atoms with van der Waals surface area (Å²) in [7, 11) is 1.75. The zero-order valence-electron chi connectivity index (χ0n) is 5.92. The van der Waals surface area contributed by atoms with E-state index in [2.05, 4.69) is 16.8 Å². The number of nitrogens with zero attached hydrogens (tertiary/aromatic N) is 2. The fourth-order valence-corrected chi connectivity index (χ4v) is 0.933. The molecule has 1 rings (SSSR count). The first-order valence-electron chi connectivity index (χ1n) is 3.23. The zero-order chi connectivity index (χ0) is 6.69. The molecular formula is C6H12N2O. The Morgan fingerprint density at radius 2 is 2.56 bits per heavy atom. The van der Waals surface area contributed by atoms with Crippen molar-refractivity contribution in [1.82, 2.24) is 4.90 Å². The van der Waals surface area contributed by atoms with Crippen molar-refractivity contribution >= 4 is 6.02 Å². The van der Waals surface area contributed by atoms with Gasteiger partial charge in [0, 0.05) is 13.6 Å². The number of hydrogen-bond donors (Lipinski definition) is 0. The lowest BCUT2D eigenvalue weighted by Crippen LogP contribution is -2.24. The number of aliphatic imine (C=N–C) groups is 1. The second-order valence-corrected chi connectivity index (χ2v) is 1.93. The molecule has 9 heavy (non-hydrogen) atoms. The molecule has 0 N–H and O–H groups in total. The molecule has 1 heterocycles. The van der Waals surface area contributed by atoms with E-state index in [9.17, 15) is 0 Å². The summed E-state index contributed by atoms with van der Waals surface area (Å²) in [5.74, 6) is 0. The van der Waals surface area contributed by atoms with Crippen molar-refractivity contribution in [2.24, 2.45) is 4.99 Å². The summed E-state index contributed by atoms with van der Waals surface area (Å²) in [6.07, 6.45) is 0. The van der Waals surface area contributed by atoms with E-state index in [4.69, 9.17) is 4.74 Å². The lowest BCUT2D eigenvalue weighted by Gasteiger charge is -2.10. The first kappa shape index (κ1) is 6.39. The minimum Gasteiger partial charge on any atom is -0.463 e. The predicted octanol–water partition coefficient (Wildman–Crippen LogP) is 0.324. The molecule has 0 bridgehead atoms. The second kappa shape index (κ2) is 2.71. The number of amidine groups is 1. The molecule has 0 aromatic rings. The van der Waals surface area contributed by atoms with Crippen molar-refractivity contribution in [2.75, 3.05) is 26.7 Å². The Labute approximate surface area is 55.3 Å². The summed E-state index contributed by atoms with van der Waals surface area (Å²) in [6, 6.07) is 0.789. The van der Waals surface area contributed by atoms with E-state index in [1.165, 1.54) is 0 Å². The van der Waals surface area contributed by atoms with Crippen LogP contribution in [0.1, 0.15) is 6.92 Å². The Bertz CT molecular complexity index is 122. The average molecular weight is 128 g/mol. The topological polar surface area (TPSA) is 24.8 Å². The van der Waals surface area contributed by atoms with Gasteiger partial charge in [0.25, 0.3) is 6.02 Å². The Kier molecular flexibility index (Phi) is 1.92. The van der Waals surface area contributed by atoms with Gasteiger partial charge in [0.2, 0.25) is 0 Å². The highest BCUT2D eigenvalue weighted by atomic mass is 16.5. The van der Waals surface area contributed by atoms with Gasteiger partial charge in [-0.05, 0) is 6.92 Å². The van der Waals surface area contributed by atoms with Gasteiger partial charge in [0.15, 0.2) is 0 Å². The molecular weight excluding hydrogens is 116 g/mol. The summed E-state index contributed by atoms with van der Waals surface area (Å²) in [6.45, 7) is 4.87. The van der Waals surface area contributed by atoms with Crippen molar-refractivity contribution in [3.63, 3.8) is 0 Å². The minimum absolute atomic E-state index is 0.789. The normalized spacial score (nSPS) is 22.9. The van der Waals surface area contributed by atoms with E-state index in [1.54, 1.807) is 7.05 Å². The third-order valence-corrected chi connectivity index (χ3v) is 1.44. The van der Waals surface area contributed by atoms with E-state index >= 15 is 0 Å². The van der Waals surface area contributed by atoms with Crippen molar-refractivity contribution < 1.29 is 4.74 Å². The van der Waals surface area contributed by atoms with Gasteiger partial charge in [-0.25, -0.2) is 4.99 Å². The smallest absolute Gasteiger partial charge is 0.287 e. The maximum absolute atomic E-state index is 5.18. The van der Waals surface area contributed by atoms with Gasteiger partial charge in [0.1, 0.15) is 6.61 Å². The third-order valence-electron chi connectivity index (χ3n) is 1.44. The molecule has 0 atom stereocenters. The fourth-order valence-electron chi connectivity index (χ4n) is 0.933. The SMILES string of the molecule is CCN1CCOC1=NC. The molecule has 3 heteroatoms. The predicted molar refractivity (Wildman–Crippen MR) is 36.6 cm³/mol. The third kappa shape index (κ3) is 1.15. The van der Waals surface area contributed by atoms with Crippen LogP contribution in [0.4, 0.5) is 0 Å². The molecule has 0 aromatic heterocycles. The van der Waals surface area contributed by atoms with Crippen molar-refractivity contribution in [3.8, 4) is 0 Å². The molecule has 0 saturated carbocycles. The van der Waals surface area contributed by atoms with Crippen LogP contribution in [0.2, 0.25) is 0 Å². The number of hydrogen-bond acceptors (Lipinski definition) is 2. The lowest BCUT2D eigenvalue weighted by atomic mass is 10.6. The largest absolute Gasteiger partial charge is 0.463 e. The minimum atomic E-state index is 0.789. The van der Waals surface area contributed by atoms with E-state index < -0.39 is 0 Å². The standard InChI is InChI=1S/C6H12N2O/c1-3-8-4-5-9-6(8)7-2/h3-5H2,1-2H3. The summed E-state index contributed by atoms with van der Waals surface area (Å²) >= 11 is 0. The van der Waals surface area contributed by atoms with Crippen molar-refractivity contribution in [3.05, 3.63) is 0 Å². The molecule has 1 fully saturated rings. The number of rotatable bonds is 1. The Morgan fingerprint density at radius 1 is 1.78 bits per heavy atom. The summed E-state index contributed by atoms with van der Waals surface area (Å²) < 4.78 is 5.18. The van der Waals surface area contributed by atoms with Gasteiger partial charge < -0.3 is 9.64 Å². The van der Waals surface area contributed by atoms with Crippen LogP contribution in [0.5, 0.6) is 0 Å². The second-order valence-electron chi connectivity index (χ2n) is 1.93. The Balaban J connectivity index is 2.52. The lowest BCUT2D eigenvalue weighted by molar-refractivity contribution is 0.351. The van der Waals surface area contributed by atoms with Gasteiger partial charge in [-0.15, -0.1) is 0 Å². The van der Waals surface area contributed by atoms with Crippen LogP contribution in [0.3, 0.4) is 0 Å². The van der Waals surface area contributed by atoms with E-state index in [0.717, 1.165) is 25.7 Å². The van der Waals surface area contributed by atoms with Gasteiger partial charge in [0.05, 0.1) is 6.54 Å². The molecule has 0 aromatic carbocycles. The summed E-state index contributed by atoms with van der Waals surface area (Å²) in [5.41, 5.74) is 0. The quantitative estimate of drug-likeness (QED) is 0.508. The molecule has 0 radical (unpaired) electrons. The molecule has 3 nitrogen and oxygen atoms in total. The van der Waals surface area contributed by atoms with Crippen LogP contribution in [-0.2, 0) is 4.74 Å². The first-order chi connectivity index (χ1) is 4.38. The molecule has 1 saturated heterocycles. The molecule has 0 amide bonds. The molecule has 1 aliphatic heterocycles. The van der Waals surface area contributed by atoms with Gasteiger partial charge in [-0.1, -0.05) is 0 Å². The highest BCUT2D eigenvalue weighted by molar-refractivity contribution is 5.75. The van der Waals surface area contributed by atoms with Gasteiger partial charge in [-0.2, -0.15) is 0 Å². The first-order valence-corrected chi connectivity index (χ1v) is 3.23. The fraction of sp³-hybridized carbons (Fsp3) is 0.833. The summed E-state index contributed by atoms with van der Waals surface area (Å²) in [5, 5.41) is 0. The molecule has 0 aliphatic carbocycles. The van der Waals surface area contributed by atoms with E-state index in [0.29, 0.717) is 0 Å². The van der Waals surface area contributed by atoms with E-state index in [-0.39, 0.29) is 0 Å². The van der Waals surface area contributed by atoms with Crippen LogP contribution in [0.25, 0.3) is 0 Å². The van der Waals surface area contributed by atoms with Crippen LogP contribution in [-0.4, -0.2) is 37.7 Å². The van der Waals surface area contributed by atoms with Crippen LogP contribution >= 0.6 is 0 Å². The van der Waals surface area contributed by atoms with E-state index in [1.807, 2.05) is 0 Å². The maximum atomic E-state index is 5.18. The van der Waals surface area contributed by atoms with Crippen LogP contribution in [0, 0.1) is 0 Å². The van der Waals surface area contributed by atoms with Crippen LogP contribution < -0.4 is 0 Å². The Morgan fingerprint density at radius 3 is 3.00 bits per heavy atom. The van der Waals surface area contributed by atoms with Gasteiger partial charge >= 0.3 is 0 Å². The maximum Gasteiger partial charge on any atom is 0.287 e. The highest BCUT2D eigenvalue weighted by Crippen LogP contribution is 2.01.